The predicted molar refractivity (Wildman–Crippen MR) is 141 cm³/mol. The predicted octanol–water partition coefficient (Wildman–Crippen LogP) is 3.65. The number of hydrogen-bond donors (Lipinski definition) is 1. The highest BCUT2D eigenvalue weighted by Gasteiger charge is 2.27. The highest BCUT2D eigenvalue weighted by molar-refractivity contribution is 7.92. The molecular formula is C28H33N3O4S. The fourth-order valence-corrected chi connectivity index (χ4v) is 5.72. The lowest BCUT2D eigenvalue weighted by Gasteiger charge is -2.26. The largest absolute Gasteiger partial charge is 0.379 e. The minimum Gasteiger partial charge on any atom is -0.379 e. The van der Waals surface area contributed by atoms with E-state index in [1.54, 1.807) is 42.5 Å². The van der Waals surface area contributed by atoms with E-state index in [0.29, 0.717) is 12.2 Å². The number of anilines is 1. The summed E-state index contributed by atoms with van der Waals surface area (Å²) >= 11 is 0. The summed E-state index contributed by atoms with van der Waals surface area (Å²) in [5.41, 5.74) is 4.49. The van der Waals surface area contributed by atoms with Crippen molar-refractivity contribution in [2.75, 3.05) is 37.2 Å². The number of morpholine rings is 1. The number of rotatable bonds is 9. The molecule has 0 radical (unpaired) electrons. The third kappa shape index (κ3) is 6.72. The molecule has 0 unspecified atom stereocenters. The van der Waals surface area contributed by atoms with Gasteiger partial charge in [-0.1, -0.05) is 48.5 Å². The van der Waals surface area contributed by atoms with Crippen molar-refractivity contribution in [3.05, 3.63) is 95.1 Å². The number of nitrogens with zero attached hydrogens (tertiary/aromatic N) is 2. The first kappa shape index (κ1) is 25.9. The first-order valence-corrected chi connectivity index (χ1v) is 13.6. The Kier molecular flexibility index (Phi) is 8.40. The second-order valence-corrected chi connectivity index (χ2v) is 11.0. The molecule has 0 saturated carbocycles. The van der Waals surface area contributed by atoms with Gasteiger partial charge in [-0.05, 0) is 60.4 Å². The number of hydrogen-bond acceptors (Lipinski definition) is 5. The molecule has 3 aromatic carbocycles. The van der Waals surface area contributed by atoms with E-state index in [0.717, 1.165) is 49.5 Å². The summed E-state index contributed by atoms with van der Waals surface area (Å²) in [6, 6.07) is 21.9. The Labute approximate surface area is 213 Å². The normalized spacial score (nSPS) is 14.4. The molecule has 1 amide bonds. The van der Waals surface area contributed by atoms with Gasteiger partial charge in [0.25, 0.3) is 10.0 Å². The molecule has 8 heteroatoms. The fraction of sp³-hybridized carbons (Fsp3) is 0.321. The number of aryl methyl sites for hydroxylation is 2. The van der Waals surface area contributed by atoms with Crippen molar-refractivity contribution in [1.29, 1.82) is 0 Å². The van der Waals surface area contributed by atoms with Crippen LogP contribution in [0, 0.1) is 13.8 Å². The molecule has 36 heavy (non-hydrogen) atoms. The highest BCUT2D eigenvalue weighted by Crippen LogP contribution is 2.25. The molecule has 7 nitrogen and oxygen atoms in total. The Balaban J connectivity index is 1.44. The number of sulfonamides is 1. The molecule has 1 fully saturated rings. The standard InChI is InChI=1S/C28H33N3O4S/c1-22-16-23(2)18-26(17-22)31(36(33,34)27-6-4-3-5-7-27)21-28(32)29-19-24-8-10-25(11-9-24)20-30-12-14-35-15-13-30/h3-11,16-18H,12-15,19-21H2,1-2H3,(H,29,32). The van der Waals surface area contributed by atoms with Crippen LogP contribution in [0.25, 0.3) is 0 Å². The van der Waals surface area contributed by atoms with E-state index < -0.39 is 10.0 Å². The molecule has 0 spiro atoms. The molecule has 1 aliphatic heterocycles. The van der Waals surface area contributed by atoms with Crippen molar-refractivity contribution in [3.63, 3.8) is 0 Å². The molecule has 1 aliphatic rings. The smallest absolute Gasteiger partial charge is 0.264 e. The Morgan fingerprint density at radius 3 is 2.17 bits per heavy atom. The van der Waals surface area contributed by atoms with Crippen molar-refractivity contribution >= 4 is 21.6 Å². The Morgan fingerprint density at radius 1 is 0.917 bits per heavy atom. The van der Waals surface area contributed by atoms with Gasteiger partial charge in [0.1, 0.15) is 6.54 Å². The van der Waals surface area contributed by atoms with Gasteiger partial charge in [-0.3, -0.25) is 14.0 Å². The minimum absolute atomic E-state index is 0.146. The number of ether oxygens (including phenoxy) is 1. The van der Waals surface area contributed by atoms with Crippen LogP contribution < -0.4 is 9.62 Å². The second-order valence-electron chi connectivity index (χ2n) is 9.15. The molecule has 3 aromatic rings. The molecule has 190 valence electrons. The maximum Gasteiger partial charge on any atom is 0.264 e. The lowest BCUT2D eigenvalue weighted by molar-refractivity contribution is -0.119. The molecule has 0 atom stereocenters. The van der Waals surface area contributed by atoms with E-state index in [9.17, 15) is 13.2 Å². The first-order chi connectivity index (χ1) is 17.3. The summed E-state index contributed by atoms with van der Waals surface area (Å²) in [5, 5.41) is 2.88. The third-order valence-electron chi connectivity index (χ3n) is 6.14. The van der Waals surface area contributed by atoms with Crippen LogP contribution in [0.4, 0.5) is 5.69 Å². The lowest BCUT2D eigenvalue weighted by atomic mass is 10.1. The van der Waals surface area contributed by atoms with E-state index in [-0.39, 0.29) is 17.3 Å². The van der Waals surface area contributed by atoms with Crippen LogP contribution in [-0.2, 0) is 32.6 Å². The summed E-state index contributed by atoms with van der Waals surface area (Å²) in [6.45, 7) is 8.10. The van der Waals surface area contributed by atoms with Crippen LogP contribution in [0.2, 0.25) is 0 Å². The van der Waals surface area contributed by atoms with Crippen molar-refractivity contribution in [1.82, 2.24) is 10.2 Å². The highest BCUT2D eigenvalue weighted by atomic mass is 32.2. The van der Waals surface area contributed by atoms with Gasteiger partial charge < -0.3 is 10.1 Å². The molecular weight excluding hydrogens is 474 g/mol. The van der Waals surface area contributed by atoms with Gasteiger partial charge in [-0.15, -0.1) is 0 Å². The van der Waals surface area contributed by atoms with E-state index in [1.165, 1.54) is 9.87 Å². The van der Waals surface area contributed by atoms with E-state index in [2.05, 4.69) is 22.3 Å². The minimum atomic E-state index is -3.93. The van der Waals surface area contributed by atoms with Crippen LogP contribution in [0.1, 0.15) is 22.3 Å². The van der Waals surface area contributed by atoms with Crippen molar-refractivity contribution < 1.29 is 17.9 Å². The van der Waals surface area contributed by atoms with E-state index in [4.69, 9.17) is 4.74 Å². The average molecular weight is 508 g/mol. The average Bonchev–Trinajstić information content (AvgIpc) is 2.87. The maximum atomic E-state index is 13.5. The number of amides is 1. The van der Waals surface area contributed by atoms with Crippen LogP contribution in [-0.4, -0.2) is 52.1 Å². The molecule has 0 aliphatic carbocycles. The van der Waals surface area contributed by atoms with Crippen molar-refractivity contribution in [2.45, 2.75) is 31.8 Å². The zero-order valence-corrected chi connectivity index (χ0v) is 21.6. The SMILES string of the molecule is Cc1cc(C)cc(N(CC(=O)NCc2ccc(CN3CCOCC3)cc2)S(=O)(=O)c2ccccc2)c1. The first-order valence-electron chi connectivity index (χ1n) is 12.1. The Morgan fingerprint density at radius 2 is 1.53 bits per heavy atom. The van der Waals surface area contributed by atoms with Gasteiger partial charge in [-0.25, -0.2) is 8.42 Å². The topological polar surface area (TPSA) is 79.0 Å². The molecule has 1 N–H and O–H groups in total. The van der Waals surface area contributed by atoms with Crippen molar-refractivity contribution in [3.8, 4) is 0 Å². The fourth-order valence-electron chi connectivity index (χ4n) is 4.30. The van der Waals surface area contributed by atoms with E-state index in [1.807, 2.05) is 32.0 Å². The summed E-state index contributed by atoms with van der Waals surface area (Å²) < 4.78 is 33.6. The summed E-state index contributed by atoms with van der Waals surface area (Å²) in [4.78, 5) is 15.4. The van der Waals surface area contributed by atoms with Crippen LogP contribution >= 0.6 is 0 Å². The van der Waals surface area contributed by atoms with Crippen molar-refractivity contribution in [2.24, 2.45) is 0 Å². The van der Waals surface area contributed by atoms with Crippen LogP contribution in [0.15, 0.2) is 77.7 Å². The third-order valence-corrected chi connectivity index (χ3v) is 7.92. The maximum absolute atomic E-state index is 13.5. The second kappa shape index (κ2) is 11.7. The van der Waals surface area contributed by atoms with Gasteiger partial charge in [0.15, 0.2) is 0 Å². The zero-order valence-electron chi connectivity index (χ0n) is 20.8. The van der Waals surface area contributed by atoms with Crippen LogP contribution in [0.5, 0.6) is 0 Å². The molecule has 0 bridgehead atoms. The molecule has 4 rings (SSSR count). The number of benzene rings is 3. The van der Waals surface area contributed by atoms with Gasteiger partial charge in [0.05, 0.1) is 23.8 Å². The number of carbonyl (C=O) groups is 1. The van der Waals surface area contributed by atoms with Gasteiger partial charge in [0.2, 0.25) is 5.91 Å². The van der Waals surface area contributed by atoms with Crippen LogP contribution in [0.3, 0.4) is 0 Å². The van der Waals surface area contributed by atoms with Gasteiger partial charge in [-0.2, -0.15) is 0 Å². The van der Waals surface area contributed by atoms with E-state index >= 15 is 0 Å². The monoisotopic (exact) mass is 507 g/mol. The lowest BCUT2D eigenvalue weighted by Crippen LogP contribution is -2.40. The zero-order chi connectivity index (χ0) is 25.5. The Bertz CT molecular complexity index is 1250. The molecule has 1 saturated heterocycles. The summed E-state index contributed by atoms with van der Waals surface area (Å²) in [5.74, 6) is -0.369. The van der Waals surface area contributed by atoms with Gasteiger partial charge >= 0.3 is 0 Å². The molecule has 1 heterocycles. The number of nitrogens with one attached hydrogen (secondary N) is 1. The quantitative estimate of drug-likeness (QED) is 0.478. The summed E-state index contributed by atoms with van der Waals surface area (Å²) in [6.07, 6.45) is 0. The molecule has 0 aromatic heterocycles. The number of carbonyl (C=O) groups excluding carboxylic acids is 1. The summed E-state index contributed by atoms with van der Waals surface area (Å²) in [7, 11) is -3.93. The van der Waals surface area contributed by atoms with Gasteiger partial charge in [0, 0.05) is 26.2 Å². The Hall–Kier alpha value is -3.20.